The molecule has 9 heteroatoms. The van der Waals surface area contributed by atoms with Crippen LogP contribution in [0.1, 0.15) is 37.7 Å². The smallest absolute Gasteiger partial charge is 0.341 e. The zero-order valence-electron chi connectivity index (χ0n) is 15.4. The van der Waals surface area contributed by atoms with Crippen molar-refractivity contribution in [2.45, 2.75) is 38.1 Å². The number of methoxy groups -OCH3 is 1. The number of ether oxygens (including phenoxy) is 2. The van der Waals surface area contributed by atoms with Crippen LogP contribution in [-0.2, 0) is 9.59 Å². The number of nitrogens with one attached hydrogen (secondary N) is 1. The number of amides is 1. The molecule has 1 aromatic rings. The lowest BCUT2D eigenvalue weighted by atomic mass is 9.94. The third-order valence-corrected chi connectivity index (χ3v) is 5.77. The zero-order chi connectivity index (χ0) is 20.3. The molecular formula is C19H21BrN2O5S. The molecule has 0 unspecified atom stereocenters. The average molecular weight is 469 g/mol. The fraction of sp³-hybridized carbons (Fsp3) is 0.421. The van der Waals surface area contributed by atoms with E-state index in [1.54, 1.807) is 23.1 Å². The van der Waals surface area contributed by atoms with Gasteiger partial charge >= 0.3 is 5.97 Å². The van der Waals surface area contributed by atoms with Crippen LogP contribution < -0.4 is 14.8 Å². The zero-order valence-corrected chi connectivity index (χ0v) is 17.8. The third-order valence-electron chi connectivity index (χ3n) is 4.78. The van der Waals surface area contributed by atoms with E-state index in [9.17, 15) is 9.59 Å². The first-order valence-corrected chi connectivity index (χ1v) is 10.2. The van der Waals surface area contributed by atoms with Crippen LogP contribution in [0.2, 0.25) is 0 Å². The number of thiocarbonyl (C=S) groups is 1. The molecule has 2 fully saturated rings. The average Bonchev–Trinajstić information content (AvgIpc) is 2.95. The van der Waals surface area contributed by atoms with E-state index in [2.05, 4.69) is 21.2 Å². The van der Waals surface area contributed by atoms with E-state index in [1.807, 2.05) is 0 Å². The second-order valence-electron chi connectivity index (χ2n) is 6.66. The van der Waals surface area contributed by atoms with Gasteiger partial charge in [0.2, 0.25) is 0 Å². The molecule has 28 heavy (non-hydrogen) atoms. The molecule has 1 aromatic carbocycles. The first-order chi connectivity index (χ1) is 13.4. The van der Waals surface area contributed by atoms with Crippen LogP contribution in [0, 0.1) is 0 Å². The standard InChI is InChI=1S/C19H21BrN2O5S/c1-26-15-8-11(13(20)9-16(15)27-10-17(23)24)7-14-18(25)22(19(28)21-14)12-5-3-2-4-6-12/h7-9,12H,2-6,10H2,1H3,(H,21,28)(H,23,24)/b14-7-. The maximum atomic E-state index is 12.9. The number of rotatable bonds is 6. The second-order valence-corrected chi connectivity index (χ2v) is 7.90. The number of benzene rings is 1. The number of carbonyl (C=O) groups is 2. The fourth-order valence-corrected chi connectivity index (χ4v) is 4.23. The highest BCUT2D eigenvalue weighted by atomic mass is 79.9. The molecule has 150 valence electrons. The van der Waals surface area contributed by atoms with Gasteiger partial charge in [-0.1, -0.05) is 35.2 Å². The number of hydrogen-bond donors (Lipinski definition) is 2. The number of halogens is 1. The highest BCUT2D eigenvalue weighted by Crippen LogP contribution is 2.35. The maximum absolute atomic E-state index is 12.9. The fourth-order valence-electron chi connectivity index (χ4n) is 3.45. The van der Waals surface area contributed by atoms with E-state index >= 15 is 0 Å². The van der Waals surface area contributed by atoms with Crippen LogP contribution in [-0.4, -0.2) is 46.8 Å². The van der Waals surface area contributed by atoms with Crippen molar-refractivity contribution in [2.24, 2.45) is 0 Å². The van der Waals surface area contributed by atoms with Gasteiger partial charge in [-0.2, -0.15) is 0 Å². The largest absolute Gasteiger partial charge is 0.493 e. The minimum Gasteiger partial charge on any atom is -0.493 e. The number of carboxylic acid groups (broad SMARTS) is 1. The molecule has 1 amide bonds. The highest BCUT2D eigenvalue weighted by molar-refractivity contribution is 9.10. The number of aliphatic carboxylic acids is 1. The summed E-state index contributed by atoms with van der Waals surface area (Å²) in [6, 6.07) is 3.44. The molecule has 0 atom stereocenters. The van der Waals surface area contributed by atoms with Crippen molar-refractivity contribution in [3.8, 4) is 11.5 Å². The predicted molar refractivity (Wildman–Crippen MR) is 111 cm³/mol. The molecule has 1 saturated carbocycles. The van der Waals surface area contributed by atoms with Crippen molar-refractivity contribution < 1.29 is 24.2 Å². The summed E-state index contributed by atoms with van der Waals surface area (Å²) in [6.07, 6.45) is 7.05. The SMILES string of the molecule is COc1cc(/C=C2\NC(=S)N(C3CCCCC3)C2=O)c(Br)cc1OCC(=O)O. The van der Waals surface area contributed by atoms with Gasteiger partial charge in [0.1, 0.15) is 5.70 Å². The molecule has 1 aliphatic heterocycles. The Morgan fingerprint density at radius 2 is 2.07 bits per heavy atom. The molecule has 0 bridgehead atoms. The van der Waals surface area contributed by atoms with Gasteiger partial charge in [-0.25, -0.2) is 4.79 Å². The van der Waals surface area contributed by atoms with Gasteiger partial charge in [-0.05, 0) is 48.8 Å². The van der Waals surface area contributed by atoms with E-state index in [-0.39, 0.29) is 11.9 Å². The van der Waals surface area contributed by atoms with Crippen LogP contribution in [0.25, 0.3) is 6.08 Å². The third kappa shape index (κ3) is 4.47. The van der Waals surface area contributed by atoms with E-state index < -0.39 is 12.6 Å². The summed E-state index contributed by atoms with van der Waals surface area (Å²) in [6.45, 7) is -0.478. The highest BCUT2D eigenvalue weighted by Gasteiger charge is 2.36. The Morgan fingerprint density at radius 3 is 2.71 bits per heavy atom. The van der Waals surface area contributed by atoms with Crippen LogP contribution in [0.4, 0.5) is 0 Å². The van der Waals surface area contributed by atoms with Crippen molar-refractivity contribution in [1.29, 1.82) is 0 Å². The summed E-state index contributed by atoms with van der Waals surface area (Å²) in [5, 5.41) is 12.2. The van der Waals surface area contributed by atoms with Crippen molar-refractivity contribution in [2.75, 3.05) is 13.7 Å². The molecule has 1 heterocycles. The molecule has 0 radical (unpaired) electrons. The molecule has 1 saturated heterocycles. The summed E-state index contributed by atoms with van der Waals surface area (Å²) in [7, 11) is 1.46. The summed E-state index contributed by atoms with van der Waals surface area (Å²) < 4.78 is 11.2. The summed E-state index contributed by atoms with van der Waals surface area (Å²) >= 11 is 8.83. The molecule has 2 aliphatic rings. The van der Waals surface area contributed by atoms with Crippen LogP contribution in [0.3, 0.4) is 0 Å². The van der Waals surface area contributed by atoms with Crippen LogP contribution >= 0.6 is 28.1 Å². The Balaban J connectivity index is 1.85. The quantitative estimate of drug-likeness (QED) is 0.488. The van der Waals surface area contributed by atoms with Gasteiger partial charge < -0.3 is 19.9 Å². The maximum Gasteiger partial charge on any atom is 0.341 e. The molecule has 3 rings (SSSR count). The predicted octanol–water partition coefficient (Wildman–Crippen LogP) is 3.31. The summed E-state index contributed by atoms with van der Waals surface area (Å²) in [4.78, 5) is 25.3. The lowest BCUT2D eigenvalue weighted by Gasteiger charge is -2.29. The molecule has 7 nitrogen and oxygen atoms in total. The lowest BCUT2D eigenvalue weighted by Crippen LogP contribution is -2.41. The van der Waals surface area contributed by atoms with Gasteiger partial charge in [0.15, 0.2) is 23.2 Å². The van der Waals surface area contributed by atoms with E-state index in [0.29, 0.717) is 32.3 Å². The molecule has 2 N–H and O–H groups in total. The van der Waals surface area contributed by atoms with E-state index in [4.69, 9.17) is 26.8 Å². The first-order valence-electron chi connectivity index (χ1n) is 8.99. The van der Waals surface area contributed by atoms with Gasteiger partial charge in [0.25, 0.3) is 5.91 Å². The summed E-state index contributed by atoms with van der Waals surface area (Å²) in [5.41, 5.74) is 1.08. The Hall–Kier alpha value is -2.13. The van der Waals surface area contributed by atoms with Crippen molar-refractivity contribution in [3.05, 3.63) is 27.9 Å². The van der Waals surface area contributed by atoms with E-state index in [1.165, 1.54) is 13.5 Å². The van der Waals surface area contributed by atoms with E-state index in [0.717, 1.165) is 25.7 Å². The number of hydrogen-bond acceptors (Lipinski definition) is 5. The van der Waals surface area contributed by atoms with Crippen molar-refractivity contribution in [3.63, 3.8) is 0 Å². The number of nitrogens with zero attached hydrogens (tertiary/aromatic N) is 1. The van der Waals surface area contributed by atoms with Gasteiger partial charge in [0, 0.05) is 10.5 Å². The molecule has 0 spiro atoms. The number of carbonyl (C=O) groups excluding carboxylic acids is 1. The number of carboxylic acids is 1. The Labute approximate surface area is 176 Å². The van der Waals surface area contributed by atoms with Crippen LogP contribution in [0.5, 0.6) is 11.5 Å². The molecule has 1 aliphatic carbocycles. The lowest BCUT2D eigenvalue weighted by molar-refractivity contribution is -0.139. The van der Waals surface area contributed by atoms with Crippen molar-refractivity contribution >= 4 is 51.2 Å². The van der Waals surface area contributed by atoms with Gasteiger partial charge in [-0.3, -0.25) is 9.69 Å². The Kier molecular flexibility index (Phi) is 6.56. The second kappa shape index (κ2) is 8.91. The first kappa shape index (κ1) is 20.6. The van der Waals surface area contributed by atoms with Crippen LogP contribution in [0.15, 0.2) is 22.3 Å². The normalized spacial score (nSPS) is 19.1. The van der Waals surface area contributed by atoms with Gasteiger partial charge in [-0.15, -0.1) is 0 Å². The minimum atomic E-state index is -1.08. The van der Waals surface area contributed by atoms with Crippen molar-refractivity contribution in [1.82, 2.24) is 10.2 Å². The Morgan fingerprint density at radius 1 is 1.36 bits per heavy atom. The Bertz CT molecular complexity index is 836. The molecular weight excluding hydrogens is 448 g/mol. The van der Waals surface area contributed by atoms with Gasteiger partial charge in [0.05, 0.1) is 7.11 Å². The topological polar surface area (TPSA) is 88.1 Å². The minimum absolute atomic E-state index is 0.131. The monoisotopic (exact) mass is 468 g/mol. The molecule has 0 aromatic heterocycles. The summed E-state index contributed by atoms with van der Waals surface area (Å²) in [5.74, 6) is -0.548.